The van der Waals surface area contributed by atoms with E-state index in [2.05, 4.69) is 6.58 Å². The summed E-state index contributed by atoms with van der Waals surface area (Å²) in [7, 11) is -3.51. The number of anilines is 1. The summed E-state index contributed by atoms with van der Waals surface area (Å²) in [6, 6.07) is 8.61. The monoisotopic (exact) mass is 608 g/mol. The molecule has 43 heavy (non-hydrogen) atoms. The number of Topliss-reactive ketones (excluding diaryl/α,β-unsaturated/α-hetero) is 2. The van der Waals surface area contributed by atoms with Gasteiger partial charge in [0.05, 0.1) is 28.3 Å². The number of nitrogen functional groups attached to an aromatic ring is 1. The van der Waals surface area contributed by atoms with E-state index in [0.29, 0.717) is 36.0 Å². The van der Waals surface area contributed by atoms with Crippen LogP contribution < -0.4 is 5.73 Å². The zero-order valence-corrected chi connectivity index (χ0v) is 24.3. The summed E-state index contributed by atoms with van der Waals surface area (Å²) in [5.74, 6) is -2.37. The van der Waals surface area contributed by atoms with Crippen LogP contribution in [0.4, 0.5) is 18.9 Å². The Morgan fingerprint density at radius 3 is 2.56 bits per heavy atom. The summed E-state index contributed by atoms with van der Waals surface area (Å²) in [6.45, 7) is 5.67. The summed E-state index contributed by atoms with van der Waals surface area (Å²) < 4.78 is 69.7. The minimum absolute atomic E-state index is 0.0190. The molecule has 6 nitrogen and oxygen atoms in total. The Balaban J connectivity index is 1.62. The van der Waals surface area contributed by atoms with Crippen molar-refractivity contribution < 1.29 is 31.2 Å². The fourth-order valence-corrected chi connectivity index (χ4v) is 8.42. The summed E-state index contributed by atoms with van der Waals surface area (Å²) in [5.41, 5.74) is 7.88. The maximum atomic E-state index is 14.4. The number of sulfone groups is 1. The molecule has 0 saturated heterocycles. The Hall–Kier alpha value is -3.92. The quantitative estimate of drug-likeness (QED) is 0.180. The Morgan fingerprint density at radius 1 is 1.16 bits per heavy atom. The lowest BCUT2D eigenvalue weighted by Crippen LogP contribution is -2.21. The van der Waals surface area contributed by atoms with Crippen LogP contribution in [0.25, 0.3) is 16.5 Å². The zero-order valence-electron chi connectivity index (χ0n) is 23.5. The molecule has 0 amide bonds. The minimum Gasteiger partial charge on any atom is -0.398 e. The lowest BCUT2D eigenvalue weighted by molar-refractivity contribution is -0.137. The topological polar surface area (TPSA) is 99.2 Å². The van der Waals surface area contributed by atoms with Gasteiger partial charge in [0.1, 0.15) is 0 Å². The molecular weight excluding hydrogens is 577 g/mol. The number of carbonyl (C=O) groups is 2. The lowest BCUT2D eigenvalue weighted by Gasteiger charge is -2.16. The van der Waals surface area contributed by atoms with E-state index in [4.69, 9.17) is 5.73 Å². The molecule has 2 unspecified atom stereocenters. The predicted octanol–water partition coefficient (Wildman–Crippen LogP) is 6.46. The van der Waals surface area contributed by atoms with Crippen LogP contribution in [0.2, 0.25) is 0 Å². The van der Waals surface area contributed by atoms with E-state index in [1.54, 1.807) is 28.9 Å². The van der Waals surface area contributed by atoms with Crippen molar-refractivity contribution >= 4 is 43.6 Å². The van der Waals surface area contributed by atoms with Gasteiger partial charge in [-0.3, -0.25) is 9.59 Å². The highest BCUT2D eigenvalue weighted by Gasteiger charge is 2.57. The first kappa shape index (κ1) is 29.2. The second-order valence-corrected chi connectivity index (χ2v) is 14.2. The van der Waals surface area contributed by atoms with E-state index in [9.17, 15) is 31.2 Å². The fourth-order valence-electron chi connectivity index (χ4n) is 6.07. The molecule has 3 aromatic rings. The molecule has 2 saturated carbocycles. The Kier molecular flexibility index (Phi) is 7.03. The second kappa shape index (κ2) is 10.4. The number of hydrogen-bond acceptors (Lipinski definition) is 5. The normalized spacial score (nSPS) is 22.4. The molecule has 3 atom stereocenters. The van der Waals surface area contributed by atoms with Crippen LogP contribution in [0.5, 0.6) is 0 Å². The molecule has 0 radical (unpaired) electrons. The standard InChI is InChI=1S/C33H31F3N2O4S/c1-3-19-6-4-5-7-23(31(19)39)29-24-15-21(33(34,35)36)10-13-27(24)38(17-20-9-8-18(2)14-26(20)37)30(29)32(40)25-16-28(25)43(41,42)22-11-12-22/h3-5,7-10,13-15,19,22,25,28H,1,6,11-12,16-17,37H2,2H3/t19?,25-,28?/m1/s1. The molecule has 0 aliphatic heterocycles. The molecular formula is C33H31F3N2O4S. The van der Waals surface area contributed by atoms with Crippen LogP contribution in [0.15, 0.2) is 67.3 Å². The van der Waals surface area contributed by atoms with Gasteiger partial charge in [-0.15, -0.1) is 6.58 Å². The Morgan fingerprint density at radius 2 is 1.91 bits per heavy atom. The highest BCUT2D eigenvalue weighted by Crippen LogP contribution is 2.48. The number of nitrogens with two attached hydrogens (primary N) is 1. The number of benzene rings is 2. The van der Waals surface area contributed by atoms with Gasteiger partial charge in [0.2, 0.25) is 0 Å². The molecule has 1 heterocycles. The molecule has 224 valence electrons. The van der Waals surface area contributed by atoms with Crippen molar-refractivity contribution in [3.05, 3.63) is 95.2 Å². The maximum Gasteiger partial charge on any atom is 0.416 e. The van der Waals surface area contributed by atoms with Crippen LogP contribution in [0.3, 0.4) is 0 Å². The van der Waals surface area contributed by atoms with Gasteiger partial charge >= 0.3 is 6.18 Å². The fraction of sp³-hybridized carbons (Fsp3) is 0.333. The number of aryl methyl sites for hydroxylation is 1. The molecule has 3 aliphatic carbocycles. The molecule has 6 rings (SSSR count). The van der Waals surface area contributed by atoms with Crippen LogP contribution in [-0.4, -0.2) is 35.1 Å². The van der Waals surface area contributed by atoms with Crippen LogP contribution >= 0.6 is 0 Å². The summed E-state index contributed by atoms with van der Waals surface area (Å²) in [6.07, 6.45) is 3.37. The number of fused-ring (bicyclic) bond motifs is 1. The molecule has 0 spiro atoms. The van der Waals surface area contributed by atoms with Crippen LogP contribution in [0.1, 0.15) is 58.4 Å². The van der Waals surface area contributed by atoms with Gasteiger partial charge in [-0.2, -0.15) is 13.2 Å². The van der Waals surface area contributed by atoms with E-state index in [-0.39, 0.29) is 41.0 Å². The number of rotatable bonds is 8. The smallest absolute Gasteiger partial charge is 0.398 e. The average Bonchev–Trinajstić information content (AvgIpc) is 3.85. The minimum atomic E-state index is -4.68. The lowest BCUT2D eigenvalue weighted by atomic mass is 9.89. The average molecular weight is 609 g/mol. The van der Waals surface area contributed by atoms with Crippen molar-refractivity contribution in [2.45, 2.75) is 55.8 Å². The van der Waals surface area contributed by atoms with Crippen molar-refractivity contribution in [3.63, 3.8) is 0 Å². The van der Waals surface area contributed by atoms with Gasteiger partial charge in [-0.05, 0) is 68.0 Å². The van der Waals surface area contributed by atoms with Gasteiger partial charge in [0, 0.05) is 39.6 Å². The molecule has 2 N–H and O–H groups in total. The van der Waals surface area contributed by atoms with Crippen molar-refractivity contribution in [1.82, 2.24) is 4.57 Å². The largest absolute Gasteiger partial charge is 0.416 e. The van der Waals surface area contributed by atoms with E-state index in [0.717, 1.165) is 17.7 Å². The zero-order chi connectivity index (χ0) is 30.8. The Bertz CT molecular complexity index is 1860. The van der Waals surface area contributed by atoms with Gasteiger partial charge in [-0.25, -0.2) is 8.42 Å². The molecule has 1 aromatic heterocycles. The SMILES string of the molecule is C=CC1CC=CC=C(c2c(C(=O)[C@@H]3CC3S(=O)(=O)C3CC3)n(Cc3ccc(C)cc3N)c3ccc(C(F)(F)F)cc23)C1=O. The van der Waals surface area contributed by atoms with Crippen LogP contribution in [-0.2, 0) is 27.4 Å². The van der Waals surface area contributed by atoms with Gasteiger partial charge in [0.25, 0.3) is 0 Å². The first-order chi connectivity index (χ1) is 20.3. The number of alkyl halides is 3. The second-order valence-electron chi connectivity index (χ2n) is 11.7. The summed E-state index contributed by atoms with van der Waals surface area (Å²) in [5, 5.41) is -1.21. The summed E-state index contributed by atoms with van der Waals surface area (Å²) in [4.78, 5) is 28.2. The van der Waals surface area contributed by atoms with Crippen molar-refractivity contribution in [3.8, 4) is 0 Å². The maximum absolute atomic E-state index is 14.4. The van der Waals surface area contributed by atoms with Crippen molar-refractivity contribution in [1.29, 1.82) is 0 Å². The van der Waals surface area contributed by atoms with E-state index in [1.165, 1.54) is 18.2 Å². The molecule has 2 fully saturated rings. The molecule has 2 aromatic carbocycles. The van der Waals surface area contributed by atoms with E-state index >= 15 is 0 Å². The summed E-state index contributed by atoms with van der Waals surface area (Å²) >= 11 is 0. The third-order valence-corrected chi connectivity index (χ3v) is 11.4. The number of aromatic nitrogens is 1. The number of allylic oxidation sites excluding steroid dienone is 5. The number of carbonyl (C=O) groups excluding carboxylic acids is 2. The third kappa shape index (κ3) is 5.15. The first-order valence-electron chi connectivity index (χ1n) is 14.2. The third-order valence-electron chi connectivity index (χ3n) is 8.68. The van der Waals surface area contributed by atoms with Crippen LogP contribution in [0, 0.1) is 18.8 Å². The number of ketones is 2. The number of halogens is 3. The van der Waals surface area contributed by atoms with Crippen molar-refractivity contribution in [2.24, 2.45) is 11.8 Å². The number of hydrogen-bond donors (Lipinski definition) is 1. The Labute approximate surface area is 247 Å². The highest BCUT2D eigenvalue weighted by atomic mass is 32.2. The van der Waals surface area contributed by atoms with Gasteiger partial charge in [0.15, 0.2) is 21.4 Å². The first-order valence-corrected chi connectivity index (χ1v) is 15.8. The highest BCUT2D eigenvalue weighted by molar-refractivity contribution is 7.93. The van der Waals surface area contributed by atoms with Gasteiger partial charge in [-0.1, -0.05) is 36.4 Å². The van der Waals surface area contributed by atoms with E-state index < -0.39 is 49.7 Å². The van der Waals surface area contributed by atoms with Gasteiger partial charge < -0.3 is 10.3 Å². The van der Waals surface area contributed by atoms with Crippen molar-refractivity contribution in [2.75, 3.05) is 5.73 Å². The molecule has 3 aliphatic rings. The van der Waals surface area contributed by atoms with E-state index in [1.807, 2.05) is 13.0 Å². The molecule has 0 bridgehead atoms. The predicted molar refractivity (Wildman–Crippen MR) is 160 cm³/mol. The number of nitrogens with zero attached hydrogens (tertiary/aromatic N) is 1. The molecule has 10 heteroatoms.